The summed E-state index contributed by atoms with van der Waals surface area (Å²) in [5.41, 5.74) is -0.768. The maximum absolute atomic E-state index is 13.9. The quantitative estimate of drug-likeness (QED) is 0.927. The lowest BCUT2D eigenvalue weighted by Gasteiger charge is -2.39. The summed E-state index contributed by atoms with van der Waals surface area (Å²) in [5, 5.41) is 11.0. The van der Waals surface area contributed by atoms with Gasteiger partial charge in [0.15, 0.2) is 0 Å². The molecule has 3 rings (SSSR count). The van der Waals surface area contributed by atoms with Crippen molar-refractivity contribution in [2.24, 2.45) is 0 Å². The van der Waals surface area contributed by atoms with Crippen molar-refractivity contribution in [1.82, 2.24) is 9.97 Å². The van der Waals surface area contributed by atoms with Crippen molar-refractivity contribution in [1.29, 1.82) is 0 Å². The Morgan fingerprint density at radius 1 is 1.19 bits per heavy atom. The first kappa shape index (κ1) is 14.2. The standard InChI is InChI=1S/C15H15ClFN3O/c16-13-9-18-10-14(19-13)20-7-5-15(21,6-8-20)11-3-1-2-4-12(11)17/h1-4,9-10,21H,5-8H2. The fraction of sp³-hybridized carbons (Fsp3) is 0.333. The average molecular weight is 308 g/mol. The van der Waals surface area contributed by atoms with Crippen molar-refractivity contribution in [2.45, 2.75) is 18.4 Å². The van der Waals surface area contributed by atoms with Crippen molar-refractivity contribution in [3.05, 3.63) is 53.2 Å². The molecule has 1 N–H and O–H groups in total. The summed E-state index contributed by atoms with van der Waals surface area (Å²) < 4.78 is 13.9. The second-order valence-corrected chi connectivity index (χ2v) is 5.59. The minimum atomic E-state index is -1.13. The Morgan fingerprint density at radius 3 is 2.57 bits per heavy atom. The molecule has 1 aromatic heterocycles. The third-order valence-electron chi connectivity index (χ3n) is 3.88. The van der Waals surface area contributed by atoms with E-state index in [2.05, 4.69) is 9.97 Å². The molecule has 0 saturated carbocycles. The average Bonchev–Trinajstić information content (AvgIpc) is 2.48. The zero-order chi connectivity index (χ0) is 14.9. The van der Waals surface area contributed by atoms with Gasteiger partial charge in [0.05, 0.1) is 18.0 Å². The molecule has 1 saturated heterocycles. The summed E-state index contributed by atoms with van der Waals surface area (Å²) in [6.45, 7) is 1.14. The van der Waals surface area contributed by atoms with E-state index in [0.717, 1.165) is 0 Å². The Kier molecular flexibility index (Phi) is 3.78. The molecular formula is C15H15ClFN3O. The van der Waals surface area contributed by atoms with Crippen molar-refractivity contribution in [3.8, 4) is 0 Å². The zero-order valence-electron chi connectivity index (χ0n) is 11.3. The van der Waals surface area contributed by atoms with Crippen LogP contribution in [0.5, 0.6) is 0 Å². The highest BCUT2D eigenvalue weighted by molar-refractivity contribution is 6.29. The summed E-state index contributed by atoms with van der Waals surface area (Å²) in [6, 6.07) is 6.39. The molecule has 0 amide bonds. The first-order valence-corrected chi connectivity index (χ1v) is 7.16. The van der Waals surface area contributed by atoms with Crippen LogP contribution in [0.1, 0.15) is 18.4 Å². The fourth-order valence-corrected chi connectivity index (χ4v) is 2.84. The molecule has 1 fully saturated rings. The van der Waals surface area contributed by atoms with Crippen molar-refractivity contribution < 1.29 is 9.50 Å². The lowest BCUT2D eigenvalue weighted by Crippen LogP contribution is -2.43. The lowest BCUT2D eigenvalue weighted by atomic mass is 9.84. The Morgan fingerprint density at radius 2 is 1.90 bits per heavy atom. The molecule has 2 heterocycles. The van der Waals surface area contributed by atoms with Crippen LogP contribution in [-0.2, 0) is 5.60 Å². The van der Waals surface area contributed by atoms with E-state index in [1.165, 1.54) is 12.3 Å². The third-order valence-corrected chi connectivity index (χ3v) is 4.06. The summed E-state index contributed by atoms with van der Waals surface area (Å²) in [4.78, 5) is 10.2. The summed E-state index contributed by atoms with van der Waals surface area (Å²) in [7, 11) is 0. The largest absolute Gasteiger partial charge is 0.385 e. The van der Waals surface area contributed by atoms with Crippen molar-refractivity contribution in [2.75, 3.05) is 18.0 Å². The molecule has 4 nitrogen and oxygen atoms in total. The topological polar surface area (TPSA) is 49.2 Å². The number of hydrogen-bond donors (Lipinski definition) is 1. The van der Waals surface area contributed by atoms with Crippen LogP contribution < -0.4 is 4.90 Å². The lowest BCUT2D eigenvalue weighted by molar-refractivity contribution is 0.00837. The Balaban J connectivity index is 1.77. The van der Waals surface area contributed by atoms with Gasteiger partial charge in [-0.3, -0.25) is 4.98 Å². The number of nitrogens with zero attached hydrogens (tertiary/aromatic N) is 3. The molecule has 6 heteroatoms. The normalized spacial score (nSPS) is 17.8. The van der Waals surface area contributed by atoms with E-state index in [9.17, 15) is 9.50 Å². The van der Waals surface area contributed by atoms with Gasteiger partial charge in [0.1, 0.15) is 16.8 Å². The van der Waals surface area contributed by atoms with E-state index >= 15 is 0 Å². The summed E-state index contributed by atoms with van der Waals surface area (Å²) >= 11 is 5.84. The molecule has 0 bridgehead atoms. The van der Waals surface area contributed by atoms with Gasteiger partial charge in [-0.25, -0.2) is 9.37 Å². The van der Waals surface area contributed by atoms with Crippen LogP contribution in [0.15, 0.2) is 36.7 Å². The van der Waals surface area contributed by atoms with E-state index in [0.29, 0.717) is 42.5 Å². The summed E-state index contributed by atoms with van der Waals surface area (Å²) in [5.74, 6) is 0.314. The number of anilines is 1. The molecule has 0 unspecified atom stereocenters. The van der Waals surface area contributed by atoms with Crippen LogP contribution in [0.3, 0.4) is 0 Å². The van der Waals surface area contributed by atoms with Gasteiger partial charge in [-0.05, 0) is 18.9 Å². The maximum atomic E-state index is 13.9. The van der Waals surface area contributed by atoms with E-state index in [-0.39, 0.29) is 5.82 Å². The minimum Gasteiger partial charge on any atom is -0.385 e. The van der Waals surface area contributed by atoms with Gasteiger partial charge in [0, 0.05) is 18.7 Å². The predicted molar refractivity (Wildman–Crippen MR) is 78.8 cm³/mol. The van der Waals surface area contributed by atoms with Gasteiger partial charge >= 0.3 is 0 Å². The smallest absolute Gasteiger partial charge is 0.149 e. The minimum absolute atomic E-state index is 0.336. The molecule has 21 heavy (non-hydrogen) atoms. The highest BCUT2D eigenvalue weighted by atomic mass is 35.5. The van der Waals surface area contributed by atoms with Crippen LogP contribution in [0.25, 0.3) is 0 Å². The van der Waals surface area contributed by atoms with Gasteiger partial charge in [0.2, 0.25) is 0 Å². The predicted octanol–water partition coefficient (Wildman–Crippen LogP) is 2.76. The van der Waals surface area contributed by atoms with E-state index in [1.807, 2.05) is 4.90 Å². The van der Waals surface area contributed by atoms with Gasteiger partial charge in [0.25, 0.3) is 0 Å². The van der Waals surface area contributed by atoms with E-state index in [4.69, 9.17) is 11.6 Å². The van der Waals surface area contributed by atoms with Crippen molar-refractivity contribution in [3.63, 3.8) is 0 Å². The number of rotatable bonds is 2. The van der Waals surface area contributed by atoms with Crippen LogP contribution in [0.2, 0.25) is 5.15 Å². The highest BCUT2D eigenvalue weighted by Gasteiger charge is 2.36. The molecule has 1 aromatic carbocycles. The third kappa shape index (κ3) is 2.84. The number of aliphatic hydroxyl groups is 1. The molecule has 110 valence electrons. The fourth-order valence-electron chi connectivity index (χ4n) is 2.70. The first-order valence-electron chi connectivity index (χ1n) is 6.78. The number of piperidine rings is 1. The molecule has 0 aliphatic carbocycles. The molecule has 0 atom stereocenters. The Labute approximate surface area is 127 Å². The number of hydrogen-bond acceptors (Lipinski definition) is 4. The number of halogens is 2. The van der Waals surface area contributed by atoms with Gasteiger partial charge < -0.3 is 10.0 Å². The molecule has 1 aliphatic rings. The summed E-state index contributed by atoms with van der Waals surface area (Å²) in [6.07, 6.45) is 3.98. The van der Waals surface area contributed by atoms with Crippen LogP contribution >= 0.6 is 11.6 Å². The highest BCUT2D eigenvalue weighted by Crippen LogP contribution is 2.35. The maximum Gasteiger partial charge on any atom is 0.149 e. The molecule has 0 radical (unpaired) electrons. The second kappa shape index (κ2) is 5.58. The Bertz CT molecular complexity index is 644. The van der Waals surface area contributed by atoms with E-state index in [1.54, 1.807) is 24.4 Å². The molecular weight excluding hydrogens is 293 g/mol. The molecule has 1 aliphatic heterocycles. The van der Waals surface area contributed by atoms with Crippen LogP contribution in [0, 0.1) is 5.82 Å². The monoisotopic (exact) mass is 307 g/mol. The van der Waals surface area contributed by atoms with Crippen LogP contribution in [-0.4, -0.2) is 28.2 Å². The SMILES string of the molecule is OC1(c2ccccc2F)CCN(c2cncc(Cl)n2)CC1. The molecule has 0 spiro atoms. The van der Waals surface area contributed by atoms with E-state index < -0.39 is 5.60 Å². The zero-order valence-corrected chi connectivity index (χ0v) is 12.1. The van der Waals surface area contributed by atoms with Gasteiger partial charge in [-0.2, -0.15) is 0 Å². The molecule has 2 aromatic rings. The van der Waals surface area contributed by atoms with Gasteiger partial charge in [-0.15, -0.1) is 0 Å². The Hall–Kier alpha value is -1.72. The van der Waals surface area contributed by atoms with Crippen molar-refractivity contribution >= 4 is 17.4 Å². The van der Waals surface area contributed by atoms with Gasteiger partial charge in [-0.1, -0.05) is 29.8 Å². The number of aromatic nitrogens is 2. The van der Waals surface area contributed by atoms with Crippen LogP contribution in [0.4, 0.5) is 10.2 Å². The second-order valence-electron chi connectivity index (χ2n) is 5.20. The number of benzene rings is 1. The first-order chi connectivity index (χ1) is 10.1.